The molecule has 0 aliphatic carbocycles. The number of carbonyl (C=O) groups excluding carboxylic acids is 2. The third-order valence-electron chi connectivity index (χ3n) is 3.25. The van der Waals surface area contributed by atoms with Crippen LogP contribution in [0.5, 0.6) is 0 Å². The van der Waals surface area contributed by atoms with Crippen LogP contribution in [0.4, 0.5) is 5.69 Å². The van der Waals surface area contributed by atoms with Gasteiger partial charge in [-0.3, -0.25) is 9.59 Å². The third-order valence-corrected chi connectivity index (χ3v) is 3.25. The van der Waals surface area contributed by atoms with Gasteiger partial charge in [-0.2, -0.15) is 0 Å². The van der Waals surface area contributed by atoms with E-state index in [1.165, 1.54) is 19.3 Å². The molecule has 0 aliphatic heterocycles. The summed E-state index contributed by atoms with van der Waals surface area (Å²) >= 11 is 0. The van der Waals surface area contributed by atoms with Crippen LogP contribution in [-0.2, 0) is 9.59 Å². The van der Waals surface area contributed by atoms with Crippen LogP contribution in [0.25, 0.3) is 0 Å². The Morgan fingerprint density at radius 3 is 2.14 bits per heavy atom. The van der Waals surface area contributed by atoms with Crippen molar-refractivity contribution in [3.05, 3.63) is 29.3 Å². The molecule has 0 fully saturated rings. The Kier molecular flexibility index (Phi) is 7.51. The fraction of sp³-hybridized carbons (Fsp3) is 0.529. The van der Waals surface area contributed by atoms with Crippen molar-refractivity contribution in [1.29, 1.82) is 0 Å². The molecule has 0 saturated carbocycles. The predicted molar refractivity (Wildman–Crippen MR) is 86.3 cm³/mol. The second-order valence-electron chi connectivity index (χ2n) is 5.50. The first-order valence-electron chi connectivity index (χ1n) is 7.70. The quantitative estimate of drug-likeness (QED) is 0.598. The van der Waals surface area contributed by atoms with Gasteiger partial charge in [-0.1, -0.05) is 38.7 Å². The lowest BCUT2D eigenvalue weighted by Gasteiger charge is -2.08. The van der Waals surface area contributed by atoms with E-state index in [1.807, 2.05) is 32.0 Å². The molecule has 116 valence electrons. The van der Waals surface area contributed by atoms with Gasteiger partial charge in [0.15, 0.2) is 0 Å². The zero-order chi connectivity index (χ0) is 15.7. The normalized spacial score (nSPS) is 10.2. The molecule has 0 atom stereocenters. The number of amides is 2. The summed E-state index contributed by atoms with van der Waals surface area (Å²) in [6.07, 6.45) is 5.61. The molecule has 0 heterocycles. The summed E-state index contributed by atoms with van der Waals surface area (Å²) in [7, 11) is 0. The Morgan fingerprint density at radius 2 is 1.52 bits per heavy atom. The van der Waals surface area contributed by atoms with E-state index in [1.54, 1.807) is 0 Å². The second-order valence-corrected chi connectivity index (χ2v) is 5.50. The van der Waals surface area contributed by atoms with Crippen LogP contribution >= 0.6 is 0 Å². The first-order valence-corrected chi connectivity index (χ1v) is 7.70. The molecule has 0 spiro atoms. The van der Waals surface area contributed by atoms with Gasteiger partial charge in [-0.25, -0.2) is 0 Å². The Balaban J connectivity index is 2.32. The SMILES string of the molecule is CCCCCCCNC(=O)C(=O)Nc1cc(C)cc(C)c1. The molecule has 0 aliphatic rings. The standard InChI is InChI=1S/C17H26N2O2/c1-4-5-6-7-8-9-18-16(20)17(21)19-15-11-13(2)10-14(3)12-15/h10-12H,4-9H2,1-3H3,(H,18,20)(H,19,21). The monoisotopic (exact) mass is 290 g/mol. The van der Waals surface area contributed by atoms with E-state index in [4.69, 9.17) is 0 Å². The van der Waals surface area contributed by atoms with E-state index < -0.39 is 11.8 Å². The lowest BCUT2D eigenvalue weighted by Crippen LogP contribution is -2.35. The maximum Gasteiger partial charge on any atom is 0.313 e. The first kappa shape index (κ1) is 17.2. The number of nitrogens with one attached hydrogen (secondary N) is 2. The molecule has 0 unspecified atom stereocenters. The van der Waals surface area contributed by atoms with Gasteiger partial charge in [0, 0.05) is 12.2 Å². The van der Waals surface area contributed by atoms with Gasteiger partial charge < -0.3 is 10.6 Å². The Hall–Kier alpha value is -1.84. The number of unbranched alkanes of at least 4 members (excludes halogenated alkanes) is 4. The zero-order valence-electron chi connectivity index (χ0n) is 13.3. The number of anilines is 1. The average molecular weight is 290 g/mol. The predicted octanol–water partition coefficient (Wildman–Crippen LogP) is 3.33. The van der Waals surface area contributed by atoms with Crippen molar-refractivity contribution in [3.8, 4) is 0 Å². The summed E-state index contributed by atoms with van der Waals surface area (Å²) in [5.41, 5.74) is 2.78. The topological polar surface area (TPSA) is 58.2 Å². The Labute approximate surface area is 127 Å². The van der Waals surface area contributed by atoms with Crippen molar-refractivity contribution >= 4 is 17.5 Å². The molecule has 2 amide bonds. The largest absolute Gasteiger partial charge is 0.348 e. The smallest absolute Gasteiger partial charge is 0.313 e. The molecule has 1 aromatic rings. The molecule has 0 saturated heterocycles. The van der Waals surface area contributed by atoms with Crippen molar-refractivity contribution < 1.29 is 9.59 Å². The molecule has 1 aromatic carbocycles. The van der Waals surface area contributed by atoms with Gasteiger partial charge in [0.1, 0.15) is 0 Å². The number of rotatable bonds is 7. The van der Waals surface area contributed by atoms with Gasteiger partial charge >= 0.3 is 11.8 Å². The maximum atomic E-state index is 11.8. The number of carbonyl (C=O) groups is 2. The van der Waals surface area contributed by atoms with Crippen molar-refractivity contribution in [1.82, 2.24) is 5.32 Å². The van der Waals surface area contributed by atoms with E-state index in [-0.39, 0.29) is 0 Å². The van der Waals surface area contributed by atoms with Gasteiger partial charge in [0.05, 0.1) is 0 Å². The molecule has 0 radical (unpaired) electrons. The molecule has 1 rings (SSSR count). The summed E-state index contributed by atoms with van der Waals surface area (Å²) in [6.45, 7) is 6.64. The summed E-state index contributed by atoms with van der Waals surface area (Å²) in [5, 5.41) is 5.29. The van der Waals surface area contributed by atoms with E-state index in [2.05, 4.69) is 17.6 Å². The van der Waals surface area contributed by atoms with Gasteiger partial charge in [0.25, 0.3) is 0 Å². The fourth-order valence-electron chi connectivity index (χ4n) is 2.25. The van der Waals surface area contributed by atoms with Gasteiger partial charge in [-0.05, 0) is 43.5 Å². The van der Waals surface area contributed by atoms with Crippen LogP contribution in [0.3, 0.4) is 0 Å². The van der Waals surface area contributed by atoms with Gasteiger partial charge in [0.2, 0.25) is 0 Å². The summed E-state index contributed by atoms with van der Waals surface area (Å²) in [4.78, 5) is 23.5. The highest BCUT2D eigenvalue weighted by molar-refractivity contribution is 6.39. The van der Waals surface area contributed by atoms with E-state index >= 15 is 0 Å². The fourth-order valence-corrected chi connectivity index (χ4v) is 2.25. The maximum absolute atomic E-state index is 11.8. The minimum atomic E-state index is -0.603. The number of aryl methyl sites for hydroxylation is 2. The molecule has 0 aromatic heterocycles. The van der Waals surface area contributed by atoms with E-state index in [9.17, 15) is 9.59 Å². The van der Waals surface area contributed by atoms with E-state index in [0.29, 0.717) is 12.2 Å². The van der Waals surface area contributed by atoms with Crippen LogP contribution in [0, 0.1) is 13.8 Å². The Morgan fingerprint density at radius 1 is 0.905 bits per heavy atom. The molecule has 4 heteroatoms. The minimum absolute atomic E-state index is 0.558. The lowest BCUT2D eigenvalue weighted by atomic mass is 10.1. The van der Waals surface area contributed by atoms with Crippen LogP contribution < -0.4 is 10.6 Å². The molecular weight excluding hydrogens is 264 g/mol. The highest BCUT2D eigenvalue weighted by Crippen LogP contribution is 2.13. The molecule has 0 bridgehead atoms. The molecule has 4 nitrogen and oxygen atoms in total. The summed E-state index contributed by atoms with van der Waals surface area (Å²) in [5.74, 6) is -1.17. The lowest BCUT2D eigenvalue weighted by molar-refractivity contribution is -0.136. The number of hydrogen-bond donors (Lipinski definition) is 2. The molecule has 21 heavy (non-hydrogen) atoms. The summed E-state index contributed by atoms with van der Waals surface area (Å²) in [6, 6.07) is 5.72. The minimum Gasteiger partial charge on any atom is -0.348 e. The Bertz CT molecular complexity index is 463. The van der Waals surface area contributed by atoms with Crippen LogP contribution in [0.2, 0.25) is 0 Å². The molecular formula is C17H26N2O2. The number of hydrogen-bond acceptors (Lipinski definition) is 2. The van der Waals surface area contributed by atoms with E-state index in [0.717, 1.165) is 24.0 Å². The highest BCUT2D eigenvalue weighted by Gasteiger charge is 2.13. The molecule has 2 N–H and O–H groups in total. The van der Waals surface area contributed by atoms with Crippen molar-refractivity contribution in [3.63, 3.8) is 0 Å². The summed E-state index contributed by atoms with van der Waals surface area (Å²) < 4.78 is 0. The van der Waals surface area contributed by atoms with Crippen molar-refractivity contribution in [2.45, 2.75) is 52.9 Å². The van der Waals surface area contributed by atoms with Crippen LogP contribution in [0.15, 0.2) is 18.2 Å². The average Bonchev–Trinajstić information content (AvgIpc) is 2.41. The van der Waals surface area contributed by atoms with Gasteiger partial charge in [-0.15, -0.1) is 0 Å². The van der Waals surface area contributed by atoms with Crippen LogP contribution in [-0.4, -0.2) is 18.4 Å². The van der Waals surface area contributed by atoms with Crippen LogP contribution in [0.1, 0.15) is 50.2 Å². The number of benzene rings is 1. The third kappa shape index (κ3) is 6.93. The second kappa shape index (κ2) is 9.16. The first-order chi connectivity index (χ1) is 10.0. The zero-order valence-corrected chi connectivity index (χ0v) is 13.3. The highest BCUT2D eigenvalue weighted by atomic mass is 16.2. The van der Waals surface area contributed by atoms with Crippen molar-refractivity contribution in [2.75, 3.05) is 11.9 Å². The van der Waals surface area contributed by atoms with Crippen molar-refractivity contribution in [2.24, 2.45) is 0 Å².